The lowest BCUT2D eigenvalue weighted by Gasteiger charge is -2.27. The highest BCUT2D eigenvalue weighted by Gasteiger charge is 2.34. The van der Waals surface area contributed by atoms with E-state index in [4.69, 9.17) is 4.52 Å². The fourth-order valence-electron chi connectivity index (χ4n) is 3.22. The highest BCUT2D eigenvalue weighted by atomic mass is 16.5. The molecule has 4 heteroatoms. The molecule has 0 radical (unpaired) electrons. The van der Waals surface area contributed by atoms with Crippen LogP contribution in [-0.4, -0.2) is 22.7 Å². The standard InChI is InChI=1S/C15H17N3O/c1-9-11(6-7-16-9)15-17-14(18-19-15)13-8-10-4-2-3-5-12(10)13/h2-5,9,11,13,16H,6-8H2,1H3. The summed E-state index contributed by atoms with van der Waals surface area (Å²) in [5.74, 6) is 2.36. The third-order valence-electron chi connectivity index (χ3n) is 4.47. The fraction of sp³-hybridized carbons (Fsp3) is 0.467. The number of fused-ring (bicyclic) bond motifs is 1. The van der Waals surface area contributed by atoms with Crippen LogP contribution in [0.4, 0.5) is 0 Å². The largest absolute Gasteiger partial charge is 0.339 e. The Morgan fingerprint density at radius 3 is 3.00 bits per heavy atom. The van der Waals surface area contributed by atoms with E-state index in [1.54, 1.807) is 0 Å². The Labute approximate surface area is 112 Å². The molecule has 0 amide bonds. The Kier molecular flexibility index (Phi) is 2.45. The summed E-state index contributed by atoms with van der Waals surface area (Å²) in [5.41, 5.74) is 2.77. The van der Waals surface area contributed by atoms with Gasteiger partial charge in [-0.2, -0.15) is 4.98 Å². The summed E-state index contributed by atoms with van der Waals surface area (Å²) in [6, 6.07) is 8.94. The van der Waals surface area contributed by atoms with Gasteiger partial charge in [-0.05, 0) is 37.4 Å². The van der Waals surface area contributed by atoms with E-state index < -0.39 is 0 Å². The van der Waals surface area contributed by atoms with E-state index in [0.29, 0.717) is 17.9 Å². The van der Waals surface area contributed by atoms with Crippen molar-refractivity contribution in [3.63, 3.8) is 0 Å². The van der Waals surface area contributed by atoms with Crippen molar-refractivity contribution in [1.29, 1.82) is 0 Å². The van der Waals surface area contributed by atoms with Crippen molar-refractivity contribution in [2.75, 3.05) is 6.54 Å². The molecule has 4 rings (SSSR count). The van der Waals surface area contributed by atoms with Gasteiger partial charge in [0.15, 0.2) is 5.82 Å². The minimum Gasteiger partial charge on any atom is -0.339 e. The maximum Gasteiger partial charge on any atom is 0.231 e. The first-order valence-electron chi connectivity index (χ1n) is 6.97. The van der Waals surface area contributed by atoms with Gasteiger partial charge in [0.25, 0.3) is 0 Å². The molecule has 4 nitrogen and oxygen atoms in total. The van der Waals surface area contributed by atoms with Crippen LogP contribution in [0.25, 0.3) is 0 Å². The Balaban J connectivity index is 1.60. The topological polar surface area (TPSA) is 51.0 Å². The average molecular weight is 255 g/mol. The summed E-state index contributed by atoms with van der Waals surface area (Å²) < 4.78 is 5.49. The summed E-state index contributed by atoms with van der Waals surface area (Å²) in [6.07, 6.45) is 2.12. The zero-order chi connectivity index (χ0) is 12.8. The highest BCUT2D eigenvalue weighted by Crippen LogP contribution is 2.39. The lowest BCUT2D eigenvalue weighted by atomic mass is 9.77. The minimum atomic E-state index is 0.332. The molecule has 1 saturated heterocycles. The van der Waals surface area contributed by atoms with Crippen molar-refractivity contribution in [3.05, 3.63) is 47.1 Å². The van der Waals surface area contributed by atoms with E-state index in [0.717, 1.165) is 31.1 Å². The molecule has 98 valence electrons. The number of benzene rings is 1. The highest BCUT2D eigenvalue weighted by molar-refractivity contribution is 5.43. The van der Waals surface area contributed by atoms with Gasteiger partial charge < -0.3 is 9.84 Å². The normalized spacial score (nSPS) is 29.0. The van der Waals surface area contributed by atoms with Crippen LogP contribution in [0, 0.1) is 0 Å². The van der Waals surface area contributed by atoms with Crippen LogP contribution < -0.4 is 5.32 Å². The van der Waals surface area contributed by atoms with E-state index >= 15 is 0 Å². The molecule has 0 bridgehead atoms. The summed E-state index contributed by atoms with van der Waals surface area (Å²) in [6.45, 7) is 3.22. The van der Waals surface area contributed by atoms with Crippen molar-refractivity contribution in [2.45, 2.75) is 37.6 Å². The average Bonchev–Trinajstić information content (AvgIpc) is 3.00. The molecule has 1 aliphatic carbocycles. The van der Waals surface area contributed by atoms with Gasteiger partial charge in [-0.1, -0.05) is 29.4 Å². The molecule has 2 aromatic rings. The number of nitrogens with one attached hydrogen (secondary N) is 1. The number of rotatable bonds is 2. The lowest BCUT2D eigenvalue weighted by molar-refractivity contribution is 0.339. The van der Waals surface area contributed by atoms with Crippen molar-refractivity contribution in [3.8, 4) is 0 Å². The van der Waals surface area contributed by atoms with Gasteiger partial charge in [-0.3, -0.25) is 0 Å². The van der Waals surface area contributed by atoms with Crippen LogP contribution >= 0.6 is 0 Å². The first-order valence-corrected chi connectivity index (χ1v) is 6.97. The minimum absolute atomic E-state index is 0.332. The van der Waals surface area contributed by atoms with Crippen LogP contribution in [0.15, 0.2) is 28.8 Å². The Hall–Kier alpha value is -1.68. The molecule has 0 spiro atoms. The second kappa shape index (κ2) is 4.17. The summed E-state index contributed by atoms with van der Waals surface area (Å²) in [7, 11) is 0. The van der Waals surface area contributed by atoms with Crippen LogP contribution in [0.1, 0.15) is 48.0 Å². The number of aromatic nitrogens is 2. The lowest BCUT2D eigenvalue weighted by Crippen LogP contribution is -2.22. The van der Waals surface area contributed by atoms with Gasteiger partial charge in [-0.15, -0.1) is 0 Å². The Morgan fingerprint density at radius 2 is 2.21 bits per heavy atom. The van der Waals surface area contributed by atoms with Gasteiger partial charge in [0.05, 0.1) is 11.8 Å². The first-order chi connectivity index (χ1) is 9.33. The smallest absolute Gasteiger partial charge is 0.231 e. The van der Waals surface area contributed by atoms with Crippen molar-refractivity contribution >= 4 is 0 Å². The second-order valence-electron chi connectivity index (χ2n) is 5.58. The quantitative estimate of drug-likeness (QED) is 0.894. The Bertz CT molecular complexity index is 607. The molecule has 2 heterocycles. The first kappa shape index (κ1) is 11.2. The molecule has 1 aromatic carbocycles. The molecule has 19 heavy (non-hydrogen) atoms. The molecule has 1 aliphatic heterocycles. The number of hydrogen-bond acceptors (Lipinski definition) is 4. The van der Waals surface area contributed by atoms with E-state index in [1.807, 2.05) is 0 Å². The van der Waals surface area contributed by atoms with Gasteiger partial charge in [-0.25, -0.2) is 0 Å². The molecule has 1 fully saturated rings. The number of hydrogen-bond donors (Lipinski definition) is 1. The molecule has 1 N–H and O–H groups in total. The molecule has 3 atom stereocenters. The molecule has 2 aliphatic rings. The van der Waals surface area contributed by atoms with Crippen LogP contribution in [0.3, 0.4) is 0 Å². The maximum absolute atomic E-state index is 5.49. The summed E-state index contributed by atoms with van der Waals surface area (Å²) in [4.78, 5) is 4.65. The third-order valence-corrected chi connectivity index (χ3v) is 4.47. The zero-order valence-electron chi connectivity index (χ0n) is 11.0. The molecular weight excluding hydrogens is 238 g/mol. The summed E-state index contributed by atoms with van der Waals surface area (Å²) >= 11 is 0. The summed E-state index contributed by atoms with van der Waals surface area (Å²) in [5, 5.41) is 7.62. The van der Waals surface area contributed by atoms with Crippen molar-refractivity contribution in [2.24, 2.45) is 0 Å². The molecule has 3 unspecified atom stereocenters. The van der Waals surface area contributed by atoms with E-state index in [1.165, 1.54) is 11.1 Å². The predicted molar refractivity (Wildman–Crippen MR) is 71.1 cm³/mol. The van der Waals surface area contributed by atoms with Crippen LogP contribution in [0.5, 0.6) is 0 Å². The zero-order valence-corrected chi connectivity index (χ0v) is 11.0. The van der Waals surface area contributed by atoms with E-state index in [-0.39, 0.29) is 0 Å². The maximum atomic E-state index is 5.49. The molecule has 0 saturated carbocycles. The SMILES string of the molecule is CC1NCCC1c1nc(C2Cc3ccccc32)no1. The van der Waals surface area contributed by atoms with Crippen molar-refractivity contribution < 1.29 is 4.52 Å². The van der Waals surface area contributed by atoms with Crippen molar-refractivity contribution in [1.82, 2.24) is 15.5 Å². The Morgan fingerprint density at radius 1 is 1.32 bits per heavy atom. The van der Waals surface area contributed by atoms with Crippen LogP contribution in [0.2, 0.25) is 0 Å². The van der Waals surface area contributed by atoms with E-state index in [9.17, 15) is 0 Å². The van der Waals surface area contributed by atoms with Gasteiger partial charge in [0.2, 0.25) is 5.89 Å². The van der Waals surface area contributed by atoms with Crippen LogP contribution in [-0.2, 0) is 6.42 Å². The van der Waals surface area contributed by atoms with Gasteiger partial charge in [0.1, 0.15) is 0 Å². The number of nitrogens with zero attached hydrogens (tertiary/aromatic N) is 2. The predicted octanol–water partition coefficient (Wildman–Crippen LogP) is 2.22. The van der Waals surface area contributed by atoms with E-state index in [2.05, 4.69) is 46.6 Å². The van der Waals surface area contributed by atoms with Gasteiger partial charge in [0, 0.05) is 6.04 Å². The fourth-order valence-corrected chi connectivity index (χ4v) is 3.22. The second-order valence-corrected chi connectivity index (χ2v) is 5.58. The molecular formula is C15H17N3O. The monoisotopic (exact) mass is 255 g/mol. The molecule has 1 aromatic heterocycles. The third kappa shape index (κ3) is 1.70. The van der Waals surface area contributed by atoms with Gasteiger partial charge >= 0.3 is 0 Å².